The molecule has 1 aliphatic rings. The smallest absolute Gasteiger partial charge is 0.224 e. The second-order valence-corrected chi connectivity index (χ2v) is 8.90. The molecule has 0 aliphatic carbocycles. The minimum absolute atomic E-state index is 0.0599. The maximum Gasteiger partial charge on any atom is 0.224 e. The van der Waals surface area contributed by atoms with Crippen LogP contribution in [0, 0.1) is 5.41 Å². The van der Waals surface area contributed by atoms with E-state index in [1.807, 2.05) is 20.8 Å². The summed E-state index contributed by atoms with van der Waals surface area (Å²) in [4.78, 5) is 14.0. The minimum atomic E-state index is -3.17. The molecule has 0 spiro atoms. The number of nitrogens with one attached hydrogen (secondary N) is 1. The molecule has 7 heteroatoms. The van der Waals surface area contributed by atoms with Crippen molar-refractivity contribution in [1.29, 1.82) is 0 Å². The minimum Gasteiger partial charge on any atom is -0.343 e. The fourth-order valence-electron chi connectivity index (χ4n) is 2.21. The van der Waals surface area contributed by atoms with E-state index in [2.05, 4.69) is 4.72 Å². The number of nitrogens with zero attached hydrogens (tertiary/aromatic N) is 1. The molecule has 1 atom stereocenters. The van der Waals surface area contributed by atoms with Gasteiger partial charge in [-0.15, -0.1) is 0 Å². The molecule has 1 heterocycles. The molecule has 124 valence electrons. The van der Waals surface area contributed by atoms with Gasteiger partial charge in [-0.25, -0.2) is 13.1 Å². The number of sulfonamides is 1. The molecule has 1 unspecified atom stereocenters. The number of piperidine rings is 1. The molecule has 1 fully saturated rings. The van der Waals surface area contributed by atoms with Gasteiger partial charge in [0.25, 0.3) is 0 Å². The Kier molecular flexibility index (Phi) is 6.19. The van der Waals surface area contributed by atoms with Gasteiger partial charge in [-0.1, -0.05) is 20.8 Å². The zero-order valence-corrected chi connectivity index (χ0v) is 14.4. The molecule has 6 nitrogen and oxygen atoms in total. The monoisotopic (exact) mass is 319 g/mol. The number of nitrogens with two attached hydrogens (primary N) is 1. The van der Waals surface area contributed by atoms with Crippen molar-refractivity contribution in [3.8, 4) is 0 Å². The normalized spacial score (nSPS) is 19.6. The molecule has 0 aromatic carbocycles. The molecule has 0 bridgehead atoms. The highest BCUT2D eigenvalue weighted by Gasteiger charge is 2.29. The predicted octanol–water partition coefficient (Wildman–Crippen LogP) is 0.680. The van der Waals surface area contributed by atoms with Crippen LogP contribution in [0.3, 0.4) is 0 Å². The first-order valence-corrected chi connectivity index (χ1v) is 9.23. The van der Waals surface area contributed by atoms with Crippen LogP contribution in [0.15, 0.2) is 0 Å². The van der Waals surface area contributed by atoms with E-state index < -0.39 is 10.0 Å². The van der Waals surface area contributed by atoms with Crippen LogP contribution in [0.5, 0.6) is 0 Å². The first-order chi connectivity index (χ1) is 9.55. The van der Waals surface area contributed by atoms with Crippen LogP contribution in [0.25, 0.3) is 0 Å². The summed E-state index contributed by atoms with van der Waals surface area (Å²) in [7, 11) is -3.17. The number of hydrogen-bond acceptors (Lipinski definition) is 4. The Morgan fingerprint density at radius 3 is 2.29 bits per heavy atom. The molecular formula is C14H29N3O3S. The van der Waals surface area contributed by atoms with E-state index in [0.29, 0.717) is 32.4 Å². The van der Waals surface area contributed by atoms with Crippen LogP contribution in [-0.4, -0.2) is 50.2 Å². The topological polar surface area (TPSA) is 92.5 Å². The number of carbonyl (C=O) groups excluding carboxylic acids is 1. The maximum atomic E-state index is 12.2. The molecule has 0 aromatic rings. The van der Waals surface area contributed by atoms with Gasteiger partial charge in [0, 0.05) is 31.6 Å². The van der Waals surface area contributed by atoms with Gasteiger partial charge in [-0.05, 0) is 25.2 Å². The maximum absolute atomic E-state index is 12.2. The molecule has 0 aromatic heterocycles. The summed E-state index contributed by atoms with van der Waals surface area (Å²) in [5, 5.41) is 0. The van der Waals surface area contributed by atoms with Crippen LogP contribution in [0.4, 0.5) is 0 Å². The Morgan fingerprint density at radius 2 is 1.86 bits per heavy atom. The van der Waals surface area contributed by atoms with E-state index in [1.54, 1.807) is 11.8 Å². The van der Waals surface area contributed by atoms with E-state index in [9.17, 15) is 13.2 Å². The number of hydrogen-bond donors (Lipinski definition) is 2. The molecule has 0 saturated carbocycles. The van der Waals surface area contributed by atoms with E-state index in [1.165, 1.54) is 0 Å². The first-order valence-electron chi connectivity index (χ1n) is 7.58. The van der Waals surface area contributed by atoms with Crippen LogP contribution < -0.4 is 10.5 Å². The van der Waals surface area contributed by atoms with E-state index in [4.69, 9.17) is 5.73 Å². The zero-order valence-electron chi connectivity index (χ0n) is 13.6. The lowest BCUT2D eigenvalue weighted by molar-refractivity contribution is -0.133. The summed E-state index contributed by atoms with van der Waals surface area (Å²) >= 11 is 0. The summed E-state index contributed by atoms with van der Waals surface area (Å²) in [6, 6.07) is -0.225. The first kappa shape index (κ1) is 18.4. The second-order valence-electron chi connectivity index (χ2n) is 6.85. The standard InChI is InChI=1S/C14H29N3O3S/c1-5-21(19,20)16-11-6-8-17(9-7-11)13(18)10-12(15)14(2,3)4/h11-12,16H,5-10,15H2,1-4H3. The molecule has 21 heavy (non-hydrogen) atoms. The molecule has 3 N–H and O–H groups in total. The summed E-state index contributed by atoms with van der Waals surface area (Å²) in [5.41, 5.74) is 5.96. The number of likely N-dealkylation sites (tertiary alicyclic amines) is 1. The van der Waals surface area contributed by atoms with Gasteiger partial charge in [0.2, 0.25) is 15.9 Å². The molecule has 1 aliphatic heterocycles. The highest BCUT2D eigenvalue weighted by Crippen LogP contribution is 2.21. The van der Waals surface area contributed by atoms with Crippen LogP contribution >= 0.6 is 0 Å². The lowest BCUT2D eigenvalue weighted by Crippen LogP contribution is -2.48. The summed E-state index contributed by atoms with van der Waals surface area (Å²) in [5.74, 6) is 0.154. The number of carbonyl (C=O) groups is 1. The van der Waals surface area contributed by atoms with Gasteiger partial charge in [-0.2, -0.15) is 0 Å². The van der Waals surface area contributed by atoms with Gasteiger partial charge in [0.15, 0.2) is 0 Å². The fraction of sp³-hybridized carbons (Fsp3) is 0.929. The Morgan fingerprint density at radius 1 is 1.33 bits per heavy atom. The summed E-state index contributed by atoms with van der Waals surface area (Å²) in [6.45, 7) is 8.87. The number of rotatable bonds is 5. The summed E-state index contributed by atoms with van der Waals surface area (Å²) in [6.07, 6.45) is 1.67. The Bertz CT molecular complexity index is 449. The third-order valence-electron chi connectivity index (χ3n) is 4.08. The predicted molar refractivity (Wildman–Crippen MR) is 84.2 cm³/mol. The zero-order chi connectivity index (χ0) is 16.3. The number of amides is 1. The second kappa shape index (κ2) is 7.07. The third-order valence-corrected chi connectivity index (χ3v) is 5.53. The molecule has 1 rings (SSSR count). The van der Waals surface area contributed by atoms with Gasteiger partial charge < -0.3 is 10.6 Å². The van der Waals surface area contributed by atoms with Crippen molar-refractivity contribution in [2.75, 3.05) is 18.8 Å². The van der Waals surface area contributed by atoms with Crippen LogP contribution in [0.2, 0.25) is 0 Å². The highest BCUT2D eigenvalue weighted by molar-refractivity contribution is 7.89. The van der Waals surface area contributed by atoms with Crippen molar-refractivity contribution >= 4 is 15.9 Å². The Balaban J connectivity index is 2.44. The SMILES string of the molecule is CCS(=O)(=O)NC1CCN(C(=O)CC(N)C(C)(C)C)CC1. The van der Waals surface area contributed by atoms with Crippen molar-refractivity contribution in [2.45, 2.75) is 59.0 Å². The third kappa shape index (κ3) is 5.92. The van der Waals surface area contributed by atoms with Crippen molar-refractivity contribution in [3.63, 3.8) is 0 Å². The van der Waals surface area contributed by atoms with Gasteiger partial charge in [0.1, 0.15) is 0 Å². The lowest BCUT2D eigenvalue weighted by Gasteiger charge is -2.34. The van der Waals surface area contributed by atoms with Gasteiger partial charge in [-0.3, -0.25) is 4.79 Å². The quantitative estimate of drug-likeness (QED) is 0.779. The Hall–Kier alpha value is -0.660. The van der Waals surface area contributed by atoms with Crippen LogP contribution in [0.1, 0.15) is 47.0 Å². The van der Waals surface area contributed by atoms with E-state index in [0.717, 1.165) is 0 Å². The fourth-order valence-corrected chi connectivity index (χ4v) is 3.12. The summed E-state index contributed by atoms with van der Waals surface area (Å²) < 4.78 is 25.7. The molecular weight excluding hydrogens is 290 g/mol. The average Bonchev–Trinajstić information content (AvgIpc) is 2.38. The molecule has 1 amide bonds. The Labute approximate surface area is 128 Å². The van der Waals surface area contributed by atoms with Crippen LogP contribution in [-0.2, 0) is 14.8 Å². The van der Waals surface area contributed by atoms with Crippen molar-refractivity contribution < 1.29 is 13.2 Å². The van der Waals surface area contributed by atoms with Crippen molar-refractivity contribution in [1.82, 2.24) is 9.62 Å². The largest absolute Gasteiger partial charge is 0.343 e. The molecule has 1 saturated heterocycles. The average molecular weight is 319 g/mol. The van der Waals surface area contributed by atoms with Crippen molar-refractivity contribution in [2.24, 2.45) is 11.1 Å². The highest BCUT2D eigenvalue weighted by atomic mass is 32.2. The van der Waals surface area contributed by atoms with E-state index >= 15 is 0 Å². The van der Waals surface area contributed by atoms with Gasteiger partial charge >= 0.3 is 0 Å². The van der Waals surface area contributed by atoms with E-state index in [-0.39, 0.29) is 29.2 Å². The van der Waals surface area contributed by atoms with Crippen molar-refractivity contribution in [3.05, 3.63) is 0 Å². The lowest BCUT2D eigenvalue weighted by atomic mass is 9.85. The van der Waals surface area contributed by atoms with Gasteiger partial charge in [0.05, 0.1) is 5.75 Å². The molecule has 0 radical (unpaired) electrons.